The van der Waals surface area contributed by atoms with Crippen molar-refractivity contribution >= 4 is 53.1 Å². The average molecular weight is 491 g/mol. The van der Waals surface area contributed by atoms with Gasteiger partial charge in [-0.25, -0.2) is 5.43 Å². The van der Waals surface area contributed by atoms with Crippen molar-refractivity contribution in [2.75, 3.05) is 20.4 Å². The van der Waals surface area contributed by atoms with E-state index in [1.54, 1.807) is 73.8 Å². The molecule has 0 atom stereocenters. The Hall–Kier alpha value is -2.79. The standard InChI is InChI=1S/C23H21Cl2N2O4P/c1-30-21-12-3-16(13-22(21)31-2)14-26-27-23(28)15-32(29,19-8-4-17(24)5-9-19)20-10-6-18(25)7-11-20/h3-14H,15H2,1-2H3,(H,27,28)/b26-14+. The highest BCUT2D eigenvalue weighted by Gasteiger charge is 2.30. The lowest BCUT2D eigenvalue weighted by Crippen LogP contribution is -2.28. The quantitative estimate of drug-likeness (QED) is 0.287. The minimum absolute atomic E-state index is 0.264. The molecule has 1 N–H and O–H groups in total. The molecule has 0 radical (unpaired) electrons. The van der Waals surface area contributed by atoms with E-state index < -0.39 is 13.0 Å². The molecule has 3 aromatic carbocycles. The van der Waals surface area contributed by atoms with Gasteiger partial charge in [-0.05, 0) is 72.3 Å². The molecule has 0 fully saturated rings. The number of hydrazone groups is 1. The summed E-state index contributed by atoms with van der Waals surface area (Å²) in [4.78, 5) is 12.7. The Morgan fingerprint density at radius 2 is 1.44 bits per heavy atom. The number of hydrogen-bond donors (Lipinski definition) is 1. The number of halogens is 2. The molecule has 166 valence electrons. The number of hydrogen-bond acceptors (Lipinski definition) is 5. The zero-order valence-corrected chi connectivity index (χ0v) is 19.8. The first-order valence-electron chi connectivity index (χ1n) is 9.51. The van der Waals surface area contributed by atoms with Crippen LogP contribution in [0.25, 0.3) is 0 Å². The van der Waals surface area contributed by atoms with Crippen LogP contribution in [0.15, 0.2) is 71.8 Å². The van der Waals surface area contributed by atoms with Crippen molar-refractivity contribution in [1.29, 1.82) is 0 Å². The highest BCUT2D eigenvalue weighted by molar-refractivity contribution is 7.79. The molecule has 0 saturated carbocycles. The van der Waals surface area contributed by atoms with Crippen molar-refractivity contribution in [1.82, 2.24) is 5.43 Å². The van der Waals surface area contributed by atoms with Crippen molar-refractivity contribution in [3.63, 3.8) is 0 Å². The molecule has 6 nitrogen and oxygen atoms in total. The number of benzene rings is 3. The van der Waals surface area contributed by atoms with Crippen LogP contribution < -0.4 is 25.5 Å². The molecule has 0 bridgehead atoms. The van der Waals surface area contributed by atoms with Crippen LogP contribution in [0, 0.1) is 0 Å². The van der Waals surface area contributed by atoms with Crippen molar-refractivity contribution in [3.05, 3.63) is 82.3 Å². The number of nitrogens with one attached hydrogen (secondary N) is 1. The molecule has 3 rings (SSSR count). The first kappa shape index (κ1) is 23.9. The van der Waals surface area contributed by atoms with Gasteiger partial charge in [-0.15, -0.1) is 0 Å². The van der Waals surface area contributed by atoms with Crippen LogP contribution in [0.1, 0.15) is 5.56 Å². The summed E-state index contributed by atoms with van der Waals surface area (Å²) in [6.07, 6.45) is 1.20. The van der Waals surface area contributed by atoms with Crippen LogP contribution in [0.2, 0.25) is 10.0 Å². The number of carbonyl (C=O) groups is 1. The fourth-order valence-electron chi connectivity index (χ4n) is 3.04. The number of rotatable bonds is 8. The van der Waals surface area contributed by atoms with Gasteiger partial charge < -0.3 is 14.0 Å². The molecule has 0 aliphatic rings. The molecule has 0 saturated heterocycles. The van der Waals surface area contributed by atoms with E-state index in [-0.39, 0.29) is 6.16 Å². The maximum atomic E-state index is 14.0. The maximum Gasteiger partial charge on any atom is 0.248 e. The van der Waals surface area contributed by atoms with Gasteiger partial charge in [0.15, 0.2) is 18.6 Å². The molecule has 0 aromatic heterocycles. The molecule has 0 aliphatic carbocycles. The van der Waals surface area contributed by atoms with Gasteiger partial charge in [0.05, 0.1) is 26.6 Å². The van der Waals surface area contributed by atoms with Crippen LogP contribution in [0.3, 0.4) is 0 Å². The van der Waals surface area contributed by atoms with Crippen LogP contribution >= 0.6 is 30.3 Å². The van der Waals surface area contributed by atoms with Gasteiger partial charge in [0.25, 0.3) is 0 Å². The first-order valence-corrected chi connectivity index (χ1v) is 12.2. The molecule has 0 aliphatic heterocycles. The fourth-order valence-corrected chi connectivity index (χ4v) is 5.70. The van der Waals surface area contributed by atoms with Gasteiger partial charge in [-0.2, -0.15) is 5.10 Å². The Morgan fingerprint density at radius 1 is 0.906 bits per heavy atom. The Kier molecular flexibility index (Phi) is 7.97. The Bertz CT molecular complexity index is 1120. The van der Waals surface area contributed by atoms with E-state index in [1.165, 1.54) is 13.3 Å². The SMILES string of the molecule is COc1ccc(/C=N/NC(=O)CP(=O)(c2ccc(Cl)cc2)c2ccc(Cl)cc2)cc1OC. The topological polar surface area (TPSA) is 77.0 Å². The van der Waals surface area contributed by atoms with E-state index in [2.05, 4.69) is 10.5 Å². The van der Waals surface area contributed by atoms with Gasteiger partial charge >= 0.3 is 0 Å². The van der Waals surface area contributed by atoms with Gasteiger partial charge in [0.1, 0.15) is 0 Å². The highest BCUT2D eigenvalue weighted by atomic mass is 35.5. The summed E-state index contributed by atoms with van der Waals surface area (Å²) in [7, 11) is -0.215. The predicted molar refractivity (Wildman–Crippen MR) is 130 cm³/mol. The third-order valence-electron chi connectivity index (χ3n) is 4.66. The van der Waals surface area contributed by atoms with Crippen LogP contribution in [0.5, 0.6) is 11.5 Å². The summed E-state index contributed by atoms with van der Waals surface area (Å²) < 4.78 is 24.5. The van der Waals surface area contributed by atoms with Crippen molar-refractivity contribution in [3.8, 4) is 11.5 Å². The lowest BCUT2D eigenvalue weighted by molar-refractivity contribution is -0.118. The van der Waals surface area contributed by atoms with E-state index in [1.807, 2.05) is 0 Å². The van der Waals surface area contributed by atoms with E-state index >= 15 is 0 Å². The van der Waals surface area contributed by atoms with Crippen LogP contribution in [-0.4, -0.2) is 32.5 Å². The normalized spacial score (nSPS) is 11.4. The van der Waals surface area contributed by atoms with E-state index in [0.29, 0.717) is 37.7 Å². The van der Waals surface area contributed by atoms with Gasteiger partial charge in [-0.3, -0.25) is 4.79 Å². The summed E-state index contributed by atoms with van der Waals surface area (Å²) in [5, 5.41) is 6.05. The molecular formula is C23H21Cl2N2O4P. The van der Waals surface area contributed by atoms with Gasteiger partial charge in [0.2, 0.25) is 5.91 Å². The molecule has 0 heterocycles. The second-order valence-electron chi connectivity index (χ2n) is 6.76. The second kappa shape index (κ2) is 10.7. The second-order valence-corrected chi connectivity index (χ2v) is 10.5. The van der Waals surface area contributed by atoms with Gasteiger partial charge in [0, 0.05) is 20.7 Å². The fraction of sp³-hybridized carbons (Fsp3) is 0.130. The molecule has 3 aromatic rings. The largest absolute Gasteiger partial charge is 0.493 e. The van der Waals surface area contributed by atoms with Crippen molar-refractivity contribution in [2.24, 2.45) is 5.10 Å². The molecule has 0 spiro atoms. The minimum atomic E-state index is -3.30. The Morgan fingerprint density at radius 3 is 1.94 bits per heavy atom. The number of ether oxygens (including phenoxy) is 2. The van der Waals surface area contributed by atoms with Crippen LogP contribution in [0.4, 0.5) is 0 Å². The van der Waals surface area contributed by atoms with Gasteiger partial charge in [-0.1, -0.05) is 23.2 Å². The smallest absolute Gasteiger partial charge is 0.248 e. The number of carbonyl (C=O) groups excluding carboxylic acids is 1. The lowest BCUT2D eigenvalue weighted by atomic mass is 10.2. The third kappa shape index (κ3) is 5.71. The number of methoxy groups -OCH3 is 2. The summed E-state index contributed by atoms with van der Waals surface area (Å²) in [5.41, 5.74) is 3.15. The first-order chi connectivity index (χ1) is 15.4. The zero-order chi connectivity index (χ0) is 23.1. The summed E-state index contributed by atoms with van der Waals surface area (Å²) in [6.45, 7) is 0. The summed E-state index contributed by atoms with van der Waals surface area (Å²) in [6, 6.07) is 18.5. The Balaban J connectivity index is 1.80. The highest BCUT2D eigenvalue weighted by Crippen LogP contribution is 2.43. The third-order valence-corrected chi connectivity index (χ3v) is 8.17. The van der Waals surface area contributed by atoms with E-state index in [4.69, 9.17) is 32.7 Å². The summed E-state index contributed by atoms with van der Waals surface area (Å²) in [5.74, 6) is 0.633. The Labute approximate surface area is 196 Å². The molecule has 0 unspecified atom stereocenters. The zero-order valence-electron chi connectivity index (χ0n) is 17.4. The van der Waals surface area contributed by atoms with Crippen molar-refractivity contribution in [2.45, 2.75) is 0 Å². The predicted octanol–water partition coefficient (Wildman–Crippen LogP) is 4.47. The number of nitrogens with zero attached hydrogens (tertiary/aromatic N) is 1. The van der Waals surface area contributed by atoms with E-state index in [0.717, 1.165) is 0 Å². The molecule has 1 amide bonds. The maximum absolute atomic E-state index is 14.0. The average Bonchev–Trinajstić information content (AvgIpc) is 2.79. The van der Waals surface area contributed by atoms with E-state index in [9.17, 15) is 9.36 Å². The molecular weight excluding hydrogens is 470 g/mol. The summed E-state index contributed by atoms with van der Waals surface area (Å²) >= 11 is 12.0. The molecule has 32 heavy (non-hydrogen) atoms. The monoisotopic (exact) mass is 490 g/mol. The van der Waals surface area contributed by atoms with Crippen LogP contribution in [-0.2, 0) is 9.36 Å². The lowest BCUT2D eigenvalue weighted by Gasteiger charge is -2.18. The molecule has 9 heteroatoms. The number of amides is 1. The minimum Gasteiger partial charge on any atom is -0.493 e. The van der Waals surface area contributed by atoms with Crippen molar-refractivity contribution < 1.29 is 18.8 Å².